The van der Waals surface area contributed by atoms with E-state index in [1.165, 1.54) is 12.1 Å². The van der Waals surface area contributed by atoms with Crippen molar-refractivity contribution in [2.24, 2.45) is 4.99 Å². The van der Waals surface area contributed by atoms with Crippen molar-refractivity contribution in [1.29, 1.82) is 0 Å². The smallest absolute Gasteiger partial charge is 0.270 e. The van der Waals surface area contributed by atoms with Gasteiger partial charge in [-0.3, -0.25) is 10.1 Å². The summed E-state index contributed by atoms with van der Waals surface area (Å²) in [5, 5.41) is 13.5. The van der Waals surface area contributed by atoms with Crippen LogP contribution >= 0.6 is 0 Å². The lowest BCUT2D eigenvalue weighted by molar-refractivity contribution is -0.385. The molecule has 1 aliphatic rings. The summed E-state index contributed by atoms with van der Waals surface area (Å²) in [5.74, 6) is 0.126. The molecule has 0 bridgehead atoms. The average molecular weight is 298 g/mol. The molecule has 1 aliphatic heterocycles. The summed E-state index contributed by atoms with van der Waals surface area (Å²) in [6, 6.07) is 3.58. The molecule has 1 aromatic carbocycles. The number of nitro benzene ring substituents is 1. The third kappa shape index (κ3) is 2.72. The second-order valence-corrected chi connectivity index (χ2v) is 6.05. The molecule has 0 saturated carbocycles. The molecule has 2 N–H and O–H groups in total. The van der Waals surface area contributed by atoms with Crippen LogP contribution in [0.5, 0.6) is 0 Å². The number of hydrogen-bond donors (Lipinski definition) is 2. The van der Waals surface area contributed by atoms with Gasteiger partial charge in [0.25, 0.3) is 15.7 Å². The van der Waals surface area contributed by atoms with Gasteiger partial charge in [-0.05, 0) is 19.4 Å². The molecule has 1 heterocycles. The van der Waals surface area contributed by atoms with E-state index in [4.69, 9.17) is 0 Å². The Morgan fingerprint density at radius 1 is 1.45 bits per heavy atom. The summed E-state index contributed by atoms with van der Waals surface area (Å²) in [7, 11) is -3.85. The number of anilines is 1. The number of nitrogens with zero attached hydrogens (tertiary/aromatic N) is 2. The predicted octanol–water partition coefficient (Wildman–Crippen LogP) is 1.45. The number of nitrogens with one attached hydrogen (secondary N) is 2. The highest BCUT2D eigenvalue weighted by Gasteiger charge is 2.28. The van der Waals surface area contributed by atoms with Gasteiger partial charge < -0.3 is 5.32 Å². The molecule has 108 valence electrons. The number of non-ortho nitro benzene ring substituents is 1. The Balaban J connectivity index is 2.47. The lowest BCUT2D eigenvalue weighted by atomic mass is 10.3. The monoisotopic (exact) mass is 298 g/mol. The van der Waals surface area contributed by atoms with Crippen LogP contribution in [0.4, 0.5) is 11.4 Å². The SMILES string of the molecule is CCC(C)N=C1Nc2ccc([N+](=O)[O-])cc2S(=O)(=O)N1. The molecule has 20 heavy (non-hydrogen) atoms. The first-order chi connectivity index (χ1) is 9.33. The highest BCUT2D eigenvalue weighted by molar-refractivity contribution is 7.90. The summed E-state index contributed by atoms with van der Waals surface area (Å²) in [6.45, 7) is 3.79. The molecule has 1 unspecified atom stereocenters. The van der Waals surface area contributed by atoms with Gasteiger partial charge in [0.05, 0.1) is 16.7 Å². The number of guanidine groups is 1. The van der Waals surface area contributed by atoms with E-state index in [2.05, 4.69) is 15.0 Å². The molecule has 0 aliphatic carbocycles. The van der Waals surface area contributed by atoms with Crippen LogP contribution in [0.1, 0.15) is 20.3 Å². The average Bonchev–Trinajstić information content (AvgIpc) is 2.37. The van der Waals surface area contributed by atoms with Gasteiger partial charge in [-0.1, -0.05) is 6.92 Å². The Hall–Kier alpha value is -2.16. The van der Waals surface area contributed by atoms with Crippen molar-refractivity contribution in [3.63, 3.8) is 0 Å². The number of aliphatic imine (C=N–C) groups is 1. The summed E-state index contributed by atoms with van der Waals surface area (Å²) in [4.78, 5) is 14.1. The molecule has 9 heteroatoms. The van der Waals surface area contributed by atoms with E-state index < -0.39 is 14.9 Å². The van der Waals surface area contributed by atoms with Gasteiger partial charge in [-0.2, -0.15) is 0 Å². The Labute approximate surface area is 116 Å². The van der Waals surface area contributed by atoms with Crippen molar-refractivity contribution < 1.29 is 13.3 Å². The van der Waals surface area contributed by atoms with Crippen LogP contribution in [0.25, 0.3) is 0 Å². The molecule has 1 aromatic rings. The molecule has 2 rings (SSSR count). The molecular formula is C11H14N4O4S. The van der Waals surface area contributed by atoms with E-state index in [9.17, 15) is 18.5 Å². The van der Waals surface area contributed by atoms with Crippen molar-refractivity contribution in [1.82, 2.24) is 4.72 Å². The van der Waals surface area contributed by atoms with Crippen molar-refractivity contribution >= 4 is 27.4 Å². The van der Waals surface area contributed by atoms with Crippen LogP contribution in [0.2, 0.25) is 0 Å². The second kappa shape index (κ2) is 5.08. The molecule has 1 atom stereocenters. The quantitative estimate of drug-likeness (QED) is 0.647. The van der Waals surface area contributed by atoms with Gasteiger partial charge in [-0.15, -0.1) is 0 Å². The zero-order chi connectivity index (χ0) is 14.9. The number of sulfonamides is 1. The fourth-order valence-electron chi connectivity index (χ4n) is 1.66. The fourth-order valence-corrected chi connectivity index (χ4v) is 2.81. The molecule has 0 spiro atoms. The van der Waals surface area contributed by atoms with Crippen molar-refractivity contribution in [2.75, 3.05) is 5.32 Å². The zero-order valence-corrected chi connectivity index (χ0v) is 11.8. The van der Waals surface area contributed by atoms with Gasteiger partial charge in [0.2, 0.25) is 5.96 Å². The number of hydrogen-bond acceptors (Lipinski definition) is 5. The standard InChI is InChI=1S/C11H14N4O4S/c1-3-7(2)12-11-13-9-5-4-8(15(16)17)6-10(9)20(18,19)14-11/h4-7H,3H2,1-2H3,(H2,12,13,14). The summed E-state index contributed by atoms with van der Waals surface area (Å²) in [5.41, 5.74) is -0.00496. The van der Waals surface area contributed by atoms with Crippen LogP contribution in [0.3, 0.4) is 0 Å². The highest BCUT2D eigenvalue weighted by atomic mass is 32.2. The van der Waals surface area contributed by atoms with Crippen LogP contribution in [0.15, 0.2) is 28.1 Å². The maximum Gasteiger partial charge on any atom is 0.270 e. The Morgan fingerprint density at radius 2 is 2.15 bits per heavy atom. The Bertz CT molecular complexity index is 684. The summed E-state index contributed by atoms with van der Waals surface area (Å²) >= 11 is 0. The highest BCUT2D eigenvalue weighted by Crippen LogP contribution is 2.28. The molecular weight excluding hydrogens is 284 g/mol. The van der Waals surface area contributed by atoms with E-state index in [0.29, 0.717) is 0 Å². The molecule has 0 radical (unpaired) electrons. The van der Waals surface area contributed by atoms with Gasteiger partial charge in [0.1, 0.15) is 4.90 Å². The minimum Gasteiger partial charge on any atom is -0.324 e. The molecule has 0 fully saturated rings. The third-order valence-corrected chi connectivity index (χ3v) is 4.27. The zero-order valence-electron chi connectivity index (χ0n) is 11.0. The van der Waals surface area contributed by atoms with Crippen molar-refractivity contribution in [3.8, 4) is 0 Å². The molecule has 0 amide bonds. The lowest BCUT2D eigenvalue weighted by Gasteiger charge is -2.22. The Morgan fingerprint density at radius 3 is 2.75 bits per heavy atom. The molecule has 0 saturated heterocycles. The maximum atomic E-state index is 12.1. The largest absolute Gasteiger partial charge is 0.324 e. The fraction of sp³-hybridized carbons (Fsp3) is 0.364. The second-order valence-electron chi connectivity index (χ2n) is 4.40. The number of rotatable bonds is 3. The predicted molar refractivity (Wildman–Crippen MR) is 74.2 cm³/mol. The summed E-state index contributed by atoms with van der Waals surface area (Å²) < 4.78 is 26.4. The normalized spacial score (nSPS) is 19.6. The topological polar surface area (TPSA) is 114 Å². The minimum atomic E-state index is -3.85. The third-order valence-electron chi connectivity index (χ3n) is 2.89. The van der Waals surface area contributed by atoms with E-state index in [-0.39, 0.29) is 28.3 Å². The number of nitro groups is 1. The van der Waals surface area contributed by atoms with Crippen LogP contribution in [-0.4, -0.2) is 25.3 Å². The van der Waals surface area contributed by atoms with Crippen LogP contribution in [0, 0.1) is 10.1 Å². The maximum absolute atomic E-state index is 12.1. The van der Waals surface area contributed by atoms with Crippen molar-refractivity contribution in [2.45, 2.75) is 31.2 Å². The number of benzene rings is 1. The number of fused-ring (bicyclic) bond motifs is 1. The van der Waals surface area contributed by atoms with Crippen LogP contribution in [-0.2, 0) is 10.0 Å². The first kappa shape index (κ1) is 14.3. The first-order valence-electron chi connectivity index (χ1n) is 5.99. The Kier molecular flexibility index (Phi) is 3.62. The summed E-state index contributed by atoms with van der Waals surface area (Å²) in [6.07, 6.45) is 0.764. The lowest BCUT2D eigenvalue weighted by Crippen LogP contribution is -2.41. The van der Waals surface area contributed by atoms with Crippen LogP contribution < -0.4 is 10.0 Å². The first-order valence-corrected chi connectivity index (χ1v) is 7.48. The minimum absolute atomic E-state index is 0.0419. The molecule has 8 nitrogen and oxygen atoms in total. The van der Waals surface area contributed by atoms with Gasteiger partial charge in [0.15, 0.2) is 0 Å². The van der Waals surface area contributed by atoms with E-state index in [1.807, 2.05) is 13.8 Å². The molecule has 0 aromatic heterocycles. The van der Waals surface area contributed by atoms with Gasteiger partial charge >= 0.3 is 0 Å². The van der Waals surface area contributed by atoms with Crippen molar-refractivity contribution in [3.05, 3.63) is 28.3 Å². The van der Waals surface area contributed by atoms with E-state index in [0.717, 1.165) is 12.5 Å². The van der Waals surface area contributed by atoms with Gasteiger partial charge in [-0.25, -0.2) is 18.1 Å². The van der Waals surface area contributed by atoms with E-state index in [1.54, 1.807) is 0 Å². The van der Waals surface area contributed by atoms with Gasteiger partial charge in [0, 0.05) is 12.1 Å². The van der Waals surface area contributed by atoms with E-state index >= 15 is 0 Å².